The van der Waals surface area contributed by atoms with Gasteiger partial charge in [0.05, 0.1) is 0 Å². The van der Waals surface area contributed by atoms with Crippen LogP contribution < -0.4 is 0 Å². The van der Waals surface area contributed by atoms with Gasteiger partial charge >= 0.3 is 0 Å². The fraction of sp³-hybridized carbons (Fsp3) is 0.333. The lowest BCUT2D eigenvalue weighted by Crippen LogP contribution is -2.25. The highest BCUT2D eigenvalue weighted by Gasteiger charge is 2.09. The van der Waals surface area contributed by atoms with Gasteiger partial charge in [0.2, 0.25) is 0 Å². The van der Waals surface area contributed by atoms with Gasteiger partial charge in [0.25, 0.3) is 0 Å². The van der Waals surface area contributed by atoms with Crippen molar-refractivity contribution >= 4 is 35.9 Å². The van der Waals surface area contributed by atoms with Gasteiger partial charge in [-0.1, -0.05) is 32.0 Å². The predicted molar refractivity (Wildman–Crippen MR) is 77.7 cm³/mol. The molecule has 0 bridgehead atoms. The first-order chi connectivity index (χ1) is 7.56. The predicted octanol–water partition coefficient (Wildman–Crippen LogP) is 3.07. The van der Waals surface area contributed by atoms with E-state index in [4.69, 9.17) is 0 Å². The highest BCUT2D eigenvalue weighted by molar-refractivity contribution is 7.77. The summed E-state index contributed by atoms with van der Waals surface area (Å²) < 4.78 is 1.87. The molecule has 16 heavy (non-hydrogen) atoms. The topological polar surface area (TPSA) is 6.48 Å². The highest BCUT2D eigenvalue weighted by atomic mass is 32.1. The van der Waals surface area contributed by atoms with Crippen LogP contribution in [-0.4, -0.2) is 36.4 Å². The quantitative estimate of drug-likeness (QED) is 0.780. The van der Waals surface area contributed by atoms with E-state index in [2.05, 4.69) is 42.3 Å². The maximum absolute atomic E-state index is 4.22. The molecule has 0 aromatic carbocycles. The molecule has 0 fully saturated rings. The maximum atomic E-state index is 4.22. The van der Waals surface area contributed by atoms with Crippen LogP contribution in [0.25, 0.3) is 11.8 Å². The third kappa shape index (κ3) is 3.40. The summed E-state index contributed by atoms with van der Waals surface area (Å²) in [6, 6.07) is 2.09. The maximum Gasteiger partial charge on any atom is 0.0379 e. The van der Waals surface area contributed by atoms with Crippen molar-refractivity contribution in [1.29, 1.82) is 0 Å². The minimum absolute atomic E-state index is 0.895. The van der Waals surface area contributed by atoms with Crippen LogP contribution in [-0.2, 0) is 0 Å². The first-order valence-corrected chi connectivity index (χ1v) is 6.34. The lowest BCUT2D eigenvalue weighted by molar-refractivity contribution is 0.425. The molecule has 0 N–H and O–H groups in total. The number of rotatable bonds is 6. The number of nitrogens with zero attached hydrogens (tertiary/aromatic N) is 2. The number of thiophene rings is 1. The van der Waals surface area contributed by atoms with Gasteiger partial charge in [-0.15, -0.1) is 11.3 Å². The van der Waals surface area contributed by atoms with Gasteiger partial charge in [-0.05, 0) is 18.5 Å². The normalized spacial score (nSPS) is 10.5. The summed E-state index contributed by atoms with van der Waals surface area (Å²) in [5.41, 5.74) is 2.20. The van der Waals surface area contributed by atoms with Crippen LogP contribution in [0.1, 0.15) is 10.4 Å². The average molecular weight is 254 g/mol. The van der Waals surface area contributed by atoms with E-state index in [1.165, 1.54) is 10.4 Å². The third-order valence-electron chi connectivity index (χ3n) is 2.41. The van der Waals surface area contributed by atoms with Crippen LogP contribution in [0.15, 0.2) is 24.6 Å². The van der Waals surface area contributed by atoms with Crippen LogP contribution in [0.4, 0.5) is 0 Å². The summed E-state index contributed by atoms with van der Waals surface area (Å²) >= 11 is 5.91. The summed E-state index contributed by atoms with van der Waals surface area (Å²) in [4.78, 5) is 3.32. The summed E-state index contributed by atoms with van der Waals surface area (Å²) in [7, 11) is 3.99. The Balaban J connectivity index is 2.67. The van der Waals surface area contributed by atoms with E-state index >= 15 is 0 Å². The van der Waals surface area contributed by atoms with Gasteiger partial charge in [0.15, 0.2) is 0 Å². The Kier molecular flexibility index (Phi) is 5.12. The third-order valence-corrected chi connectivity index (χ3v) is 3.52. The molecule has 0 spiro atoms. The largest absolute Gasteiger partial charge is 0.373 e. The molecular formula is C12H18N2S2. The van der Waals surface area contributed by atoms with Gasteiger partial charge in [-0.3, -0.25) is 4.31 Å². The molecule has 2 nitrogen and oxygen atoms in total. The first-order valence-electron chi connectivity index (χ1n) is 5.06. The molecule has 0 aliphatic rings. The van der Waals surface area contributed by atoms with Crippen molar-refractivity contribution in [3.8, 4) is 0 Å². The Morgan fingerprint density at radius 3 is 2.75 bits per heavy atom. The average Bonchev–Trinajstić information content (AvgIpc) is 2.72. The minimum atomic E-state index is 0.895. The zero-order valence-electron chi connectivity index (χ0n) is 9.81. The number of likely N-dealkylation sites (N-methyl/N-ethyl adjacent to an activating group) is 2. The Bertz CT molecular complexity index is 369. The van der Waals surface area contributed by atoms with Crippen molar-refractivity contribution in [2.24, 2.45) is 0 Å². The van der Waals surface area contributed by atoms with Crippen molar-refractivity contribution in [2.75, 3.05) is 27.2 Å². The molecule has 0 amide bonds. The van der Waals surface area contributed by atoms with Crippen LogP contribution in [0.3, 0.4) is 0 Å². The molecule has 0 aliphatic carbocycles. The van der Waals surface area contributed by atoms with Crippen molar-refractivity contribution in [3.05, 3.63) is 35.0 Å². The van der Waals surface area contributed by atoms with E-state index in [0.717, 1.165) is 18.8 Å². The lowest BCUT2D eigenvalue weighted by Gasteiger charge is -2.23. The molecule has 1 heterocycles. The first kappa shape index (κ1) is 13.4. The molecule has 0 aliphatic heterocycles. The Labute approximate surface area is 107 Å². The molecule has 0 saturated carbocycles. The number of hydrogen-bond donors (Lipinski definition) is 1. The zero-order valence-corrected chi connectivity index (χ0v) is 11.5. The van der Waals surface area contributed by atoms with Crippen molar-refractivity contribution < 1.29 is 0 Å². The summed E-state index contributed by atoms with van der Waals surface area (Å²) in [5.74, 6) is 0. The number of hydrogen-bond acceptors (Lipinski definition) is 4. The second-order valence-electron chi connectivity index (χ2n) is 3.65. The van der Waals surface area contributed by atoms with Crippen LogP contribution in [0, 0.1) is 0 Å². The second kappa shape index (κ2) is 6.13. The molecule has 1 rings (SSSR count). The van der Waals surface area contributed by atoms with E-state index in [1.807, 2.05) is 24.5 Å². The molecule has 1 aromatic heterocycles. The number of thiol groups is 1. The second-order valence-corrected chi connectivity index (χ2v) is 5.28. The highest BCUT2D eigenvalue weighted by Crippen LogP contribution is 2.25. The van der Waals surface area contributed by atoms with Crippen LogP contribution in [0.2, 0.25) is 0 Å². The standard InChI is InChI=1S/C12H18N2S2/c1-5-12-11(6-9-16-12)10(2)13(3)7-8-14(4)15/h5-6,9,15H,1-2,7-8H2,3-4H3. The fourth-order valence-electron chi connectivity index (χ4n) is 1.35. The van der Waals surface area contributed by atoms with Gasteiger partial charge in [0.1, 0.15) is 0 Å². The van der Waals surface area contributed by atoms with Crippen LogP contribution in [0.5, 0.6) is 0 Å². The molecule has 4 heteroatoms. The van der Waals surface area contributed by atoms with E-state index in [0.29, 0.717) is 0 Å². The molecule has 88 valence electrons. The fourth-order valence-corrected chi connectivity index (χ4v) is 2.20. The minimum Gasteiger partial charge on any atom is -0.373 e. The molecular weight excluding hydrogens is 236 g/mol. The van der Waals surface area contributed by atoms with Gasteiger partial charge in [0, 0.05) is 36.3 Å². The summed E-state index contributed by atoms with van der Waals surface area (Å²) in [6.45, 7) is 9.74. The van der Waals surface area contributed by atoms with Crippen LogP contribution >= 0.6 is 24.2 Å². The Morgan fingerprint density at radius 2 is 2.19 bits per heavy atom. The molecule has 1 aromatic rings. The van der Waals surface area contributed by atoms with E-state index in [-0.39, 0.29) is 0 Å². The molecule has 0 unspecified atom stereocenters. The summed E-state index contributed by atoms with van der Waals surface area (Å²) in [6.07, 6.45) is 1.88. The lowest BCUT2D eigenvalue weighted by atomic mass is 10.2. The van der Waals surface area contributed by atoms with Gasteiger partial charge < -0.3 is 4.90 Å². The van der Waals surface area contributed by atoms with Crippen molar-refractivity contribution in [2.45, 2.75) is 0 Å². The molecule has 0 radical (unpaired) electrons. The van der Waals surface area contributed by atoms with Crippen molar-refractivity contribution in [3.63, 3.8) is 0 Å². The van der Waals surface area contributed by atoms with Gasteiger partial charge in [-0.2, -0.15) is 0 Å². The molecule has 0 atom stereocenters. The smallest absolute Gasteiger partial charge is 0.0379 e. The van der Waals surface area contributed by atoms with Crippen molar-refractivity contribution in [1.82, 2.24) is 9.21 Å². The Morgan fingerprint density at radius 1 is 1.50 bits per heavy atom. The van der Waals surface area contributed by atoms with E-state index in [9.17, 15) is 0 Å². The van der Waals surface area contributed by atoms with Gasteiger partial charge in [-0.25, -0.2) is 0 Å². The monoisotopic (exact) mass is 254 g/mol. The Hall–Kier alpha value is -0.710. The summed E-state index contributed by atoms with van der Waals surface area (Å²) in [5, 5.41) is 2.07. The van der Waals surface area contributed by atoms with E-state index < -0.39 is 0 Å². The zero-order chi connectivity index (χ0) is 12.1. The SMILES string of the molecule is C=Cc1sccc1C(=C)N(C)CCN(C)S. The van der Waals surface area contributed by atoms with E-state index in [1.54, 1.807) is 11.3 Å². The molecule has 0 saturated heterocycles.